The predicted molar refractivity (Wildman–Crippen MR) is 146 cm³/mol. The second-order valence-electron chi connectivity index (χ2n) is 11.2. The number of carbonyl (C=O) groups is 5. The van der Waals surface area contributed by atoms with Gasteiger partial charge >= 0.3 is 6.03 Å². The van der Waals surface area contributed by atoms with Gasteiger partial charge in [-0.05, 0) is 65.2 Å². The minimum atomic E-state index is -1.03. The van der Waals surface area contributed by atoms with Gasteiger partial charge < -0.3 is 26.2 Å². The SMILES string of the molecule is C=CCCC(NC(=O)[C@@H]1CCCN1C(=O)C(NC(=O)NC(C)(C)C)C1CCCCC1)C(=O)C(=O)NCC=C. The Balaban J connectivity index is 2.19. The van der Waals surface area contributed by atoms with Crippen molar-refractivity contribution in [1.82, 2.24) is 26.2 Å². The number of nitrogens with zero attached hydrogens (tertiary/aromatic N) is 1. The molecule has 0 spiro atoms. The molecule has 2 unspecified atom stereocenters. The summed E-state index contributed by atoms with van der Waals surface area (Å²) in [6, 6.07) is -2.97. The number of urea groups is 1. The zero-order chi connectivity index (χ0) is 28.3. The van der Waals surface area contributed by atoms with Crippen molar-refractivity contribution in [2.24, 2.45) is 5.92 Å². The van der Waals surface area contributed by atoms with E-state index in [9.17, 15) is 24.0 Å². The summed E-state index contributed by atoms with van der Waals surface area (Å²) in [6.07, 6.45) is 9.51. The van der Waals surface area contributed by atoms with Crippen LogP contribution in [0.25, 0.3) is 0 Å². The predicted octanol–water partition coefficient (Wildman–Crippen LogP) is 2.35. The molecule has 10 heteroatoms. The Morgan fingerprint density at radius 1 is 0.947 bits per heavy atom. The lowest BCUT2D eigenvalue weighted by Gasteiger charge is -2.35. The molecule has 0 aromatic heterocycles. The molecule has 2 aliphatic rings. The maximum Gasteiger partial charge on any atom is 0.315 e. The lowest BCUT2D eigenvalue weighted by atomic mass is 9.83. The molecule has 1 saturated carbocycles. The number of ketones is 1. The van der Waals surface area contributed by atoms with Gasteiger partial charge in [0.2, 0.25) is 17.6 Å². The van der Waals surface area contributed by atoms with E-state index in [0.29, 0.717) is 25.8 Å². The van der Waals surface area contributed by atoms with E-state index in [1.165, 1.54) is 11.0 Å². The molecule has 0 aromatic rings. The lowest BCUT2D eigenvalue weighted by Crippen LogP contribution is -2.60. The Hall–Kier alpha value is -3.17. The molecule has 212 valence electrons. The molecule has 1 aliphatic carbocycles. The average molecular weight is 532 g/mol. The molecule has 1 aliphatic heterocycles. The molecule has 2 rings (SSSR count). The summed E-state index contributed by atoms with van der Waals surface area (Å²) in [5, 5.41) is 10.9. The van der Waals surface area contributed by atoms with E-state index in [2.05, 4.69) is 34.4 Å². The molecule has 1 heterocycles. The van der Waals surface area contributed by atoms with Gasteiger partial charge in [0, 0.05) is 18.6 Å². The van der Waals surface area contributed by atoms with Crippen molar-refractivity contribution in [3.63, 3.8) is 0 Å². The summed E-state index contributed by atoms with van der Waals surface area (Å²) in [5.41, 5.74) is -0.467. The molecule has 0 bridgehead atoms. The van der Waals surface area contributed by atoms with Crippen LogP contribution < -0.4 is 21.3 Å². The minimum absolute atomic E-state index is 0.0123. The highest BCUT2D eigenvalue weighted by molar-refractivity contribution is 6.38. The molecule has 2 fully saturated rings. The molecule has 4 N–H and O–H groups in total. The molecule has 1 saturated heterocycles. The first-order chi connectivity index (χ1) is 18.0. The average Bonchev–Trinajstić information content (AvgIpc) is 3.37. The quantitative estimate of drug-likeness (QED) is 0.226. The van der Waals surface area contributed by atoms with Gasteiger partial charge in [0.25, 0.3) is 5.91 Å². The third kappa shape index (κ3) is 9.29. The van der Waals surface area contributed by atoms with Crippen LogP contribution in [-0.4, -0.2) is 71.2 Å². The third-order valence-corrected chi connectivity index (χ3v) is 6.92. The first-order valence-corrected chi connectivity index (χ1v) is 13.7. The highest BCUT2D eigenvalue weighted by Gasteiger charge is 2.42. The van der Waals surface area contributed by atoms with Crippen LogP contribution in [0, 0.1) is 5.92 Å². The summed E-state index contributed by atoms with van der Waals surface area (Å²) in [5.74, 6) is -2.32. The Kier molecular flexibility index (Phi) is 12.0. The number of likely N-dealkylation sites (tertiary alicyclic amines) is 1. The fourth-order valence-corrected chi connectivity index (χ4v) is 5.08. The molecule has 10 nitrogen and oxygen atoms in total. The van der Waals surface area contributed by atoms with Crippen LogP contribution in [0.2, 0.25) is 0 Å². The molecular formula is C28H45N5O5. The molecule has 3 atom stereocenters. The van der Waals surface area contributed by atoms with E-state index >= 15 is 0 Å². The van der Waals surface area contributed by atoms with Crippen LogP contribution in [0.4, 0.5) is 4.79 Å². The second kappa shape index (κ2) is 14.7. The maximum atomic E-state index is 13.8. The van der Waals surface area contributed by atoms with Gasteiger partial charge in [-0.2, -0.15) is 0 Å². The fourth-order valence-electron chi connectivity index (χ4n) is 5.08. The third-order valence-electron chi connectivity index (χ3n) is 6.92. The minimum Gasteiger partial charge on any atom is -0.346 e. The number of Topliss-reactive ketones (excluding diaryl/α,β-unsaturated/α-hetero) is 1. The molecule has 0 radical (unpaired) electrons. The zero-order valence-corrected chi connectivity index (χ0v) is 23.1. The highest BCUT2D eigenvalue weighted by atomic mass is 16.2. The van der Waals surface area contributed by atoms with Gasteiger partial charge in [0.05, 0.1) is 6.04 Å². The van der Waals surface area contributed by atoms with Crippen LogP contribution in [0.3, 0.4) is 0 Å². The molecule has 0 aromatic carbocycles. The molecule has 5 amide bonds. The second-order valence-corrected chi connectivity index (χ2v) is 11.2. The van der Waals surface area contributed by atoms with E-state index in [4.69, 9.17) is 0 Å². The zero-order valence-electron chi connectivity index (χ0n) is 23.1. The standard InChI is InChI=1S/C28H45N5O5/c1-6-8-15-20(23(34)25(36)29-17-7-2)30-24(35)21-16-12-18-33(21)26(37)22(19-13-10-9-11-14-19)31-27(38)32-28(3,4)5/h6-7,19-22H,1-2,8-18H2,3-5H3,(H,29,36)(H,30,35)(H2,31,32,38)/t20?,21-,22?/m0/s1. The van der Waals surface area contributed by atoms with Crippen LogP contribution in [0.5, 0.6) is 0 Å². The summed E-state index contributed by atoms with van der Waals surface area (Å²) < 4.78 is 0. The monoisotopic (exact) mass is 531 g/mol. The van der Waals surface area contributed by atoms with Crippen LogP contribution >= 0.6 is 0 Å². The largest absolute Gasteiger partial charge is 0.346 e. The molecular weight excluding hydrogens is 486 g/mol. The molecule has 38 heavy (non-hydrogen) atoms. The van der Waals surface area contributed by atoms with Crippen molar-refractivity contribution in [1.29, 1.82) is 0 Å². The maximum absolute atomic E-state index is 13.8. The summed E-state index contributed by atoms with van der Waals surface area (Å²) >= 11 is 0. The normalized spacial score (nSPS) is 19.6. The Bertz CT molecular complexity index is 891. The smallest absolute Gasteiger partial charge is 0.315 e. The highest BCUT2D eigenvalue weighted by Crippen LogP contribution is 2.29. The van der Waals surface area contributed by atoms with Crippen LogP contribution in [-0.2, 0) is 19.2 Å². The summed E-state index contributed by atoms with van der Waals surface area (Å²) in [7, 11) is 0. The van der Waals surface area contributed by atoms with Crippen molar-refractivity contribution in [2.75, 3.05) is 13.1 Å². The van der Waals surface area contributed by atoms with Gasteiger partial charge in [-0.15, -0.1) is 13.2 Å². The van der Waals surface area contributed by atoms with Crippen molar-refractivity contribution in [3.05, 3.63) is 25.3 Å². The van der Waals surface area contributed by atoms with Gasteiger partial charge in [-0.25, -0.2) is 4.79 Å². The van der Waals surface area contributed by atoms with Gasteiger partial charge in [-0.3, -0.25) is 19.2 Å². The Morgan fingerprint density at radius 3 is 2.24 bits per heavy atom. The van der Waals surface area contributed by atoms with Crippen molar-refractivity contribution in [3.8, 4) is 0 Å². The van der Waals surface area contributed by atoms with Gasteiger partial charge in [0.1, 0.15) is 12.1 Å². The first-order valence-electron chi connectivity index (χ1n) is 13.7. The van der Waals surface area contributed by atoms with Crippen LogP contribution in [0.15, 0.2) is 25.3 Å². The number of amides is 5. The lowest BCUT2D eigenvalue weighted by molar-refractivity contribution is -0.143. The number of hydrogen-bond acceptors (Lipinski definition) is 5. The van der Waals surface area contributed by atoms with Gasteiger partial charge in [0.15, 0.2) is 0 Å². The number of hydrogen-bond donors (Lipinski definition) is 4. The summed E-state index contributed by atoms with van der Waals surface area (Å²) in [6.45, 7) is 13.3. The van der Waals surface area contributed by atoms with Crippen LogP contribution in [0.1, 0.15) is 78.6 Å². The van der Waals surface area contributed by atoms with E-state index in [1.54, 1.807) is 6.08 Å². The van der Waals surface area contributed by atoms with Gasteiger partial charge in [-0.1, -0.05) is 31.4 Å². The number of carbonyl (C=O) groups excluding carboxylic acids is 5. The van der Waals surface area contributed by atoms with E-state index < -0.39 is 47.3 Å². The fraction of sp³-hybridized carbons (Fsp3) is 0.679. The number of allylic oxidation sites excluding steroid dienone is 1. The number of rotatable bonds is 12. The van der Waals surface area contributed by atoms with E-state index in [-0.39, 0.29) is 24.8 Å². The summed E-state index contributed by atoms with van der Waals surface area (Å²) in [4.78, 5) is 66.4. The van der Waals surface area contributed by atoms with E-state index in [1.807, 2.05) is 20.8 Å². The number of nitrogens with one attached hydrogen (secondary N) is 4. The van der Waals surface area contributed by atoms with Crippen molar-refractivity contribution in [2.45, 2.75) is 102 Å². The van der Waals surface area contributed by atoms with Crippen molar-refractivity contribution >= 4 is 29.5 Å². The Labute approximate surface area is 226 Å². The first kappa shape index (κ1) is 31.1. The van der Waals surface area contributed by atoms with Crippen molar-refractivity contribution < 1.29 is 24.0 Å². The van der Waals surface area contributed by atoms with E-state index in [0.717, 1.165) is 32.1 Å². The Morgan fingerprint density at radius 2 is 1.63 bits per heavy atom. The topological polar surface area (TPSA) is 137 Å².